The van der Waals surface area contributed by atoms with Crippen LogP contribution in [0.5, 0.6) is 0 Å². The van der Waals surface area contributed by atoms with E-state index >= 15 is 0 Å². The molecule has 1 aliphatic heterocycles. The van der Waals surface area contributed by atoms with Crippen LogP contribution >= 0.6 is 11.8 Å². The highest BCUT2D eigenvalue weighted by molar-refractivity contribution is 8.01. The number of aliphatic hydroxyl groups is 4. The second kappa shape index (κ2) is 11.5. The fraction of sp³-hybridized carbons (Fsp3) is 0.625. The van der Waals surface area contributed by atoms with E-state index in [0.29, 0.717) is 23.9 Å². The summed E-state index contributed by atoms with van der Waals surface area (Å²) < 4.78 is 75.2. The third kappa shape index (κ3) is 5.97. The van der Waals surface area contributed by atoms with Gasteiger partial charge in [0.15, 0.2) is 17.5 Å². The molecule has 2 aromatic rings. The van der Waals surface area contributed by atoms with Crippen LogP contribution in [0, 0.1) is 17.5 Å². The molecule has 0 unspecified atom stereocenters. The van der Waals surface area contributed by atoms with Crippen molar-refractivity contribution in [3.8, 4) is 11.3 Å². The highest BCUT2D eigenvalue weighted by atomic mass is 32.2. The van der Waals surface area contributed by atoms with Crippen molar-refractivity contribution in [2.24, 2.45) is 0 Å². The van der Waals surface area contributed by atoms with E-state index in [9.17, 15) is 47.2 Å². The van der Waals surface area contributed by atoms with Crippen LogP contribution in [0.25, 0.3) is 11.3 Å². The van der Waals surface area contributed by atoms with E-state index in [-0.39, 0.29) is 11.3 Å². The molecule has 16 heteroatoms. The van der Waals surface area contributed by atoms with Crippen LogP contribution in [0.2, 0.25) is 0 Å². The van der Waals surface area contributed by atoms with Gasteiger partial charge in [0.25, 0.3) is 0 Å². The molecular weight excluding hydrogens is 567 g/mol. The molecule has 0 spiro atoms. The van der Waals surface area contributed by atoms with Crippen molar-refractivity contribution in [1.29, 1.82) is 0 Å². The van der Waals surface area contributed by atoms with E-state index in [2.05, 4.69) is 10.3 Å². The normalized spacial score (nSPS) is 28.7. The molecular formula is C24H29F5N4O6S. The molecule has 6 atom stereocenters. The average Bonchev–Trinajstić information content (AvgIpc) is 3.38. The minimum absolute atomic E-state index is 0.133. The number of hydrogen-bond acceptors (Lipinski definition) is 9. The van der Waals surface area contributed by atoms with Gasteiger partial charge in [0.1, 0.15) is 40.7 Å². The van der Waals surface area contributed by atoms with Gasteiger partial charge in [-0.25, -0.2) is 26.6 Å². The Kier molecular flexibility index (Phi) is 8.78. The van der Waals surface area contributed by atoms with Gasteiger partial charge < -0.3 is 30.1 Å². The Bertz CT molecular complexity index is 1200. The molecule has 4 rings (SSSR count). The van der Waals surface area contributed by atoms with E-state index in [1.165, 1.54) is 14.1 Å². The van der Waals surface area contributed by atoms with Gasteiger partial charge in [-0.2, -0.15) is 0 Å². The molecule has 40 heavy (non-hydrogen) atoms. The predicted molar refractivity (Wildman–Crippen MR) is 131 cm³/mol. The van der Waals surface area contributed by atoms with Gasteiger partial charge in [-0.15, -0.1) is 16.9 Å². The Morgan fingerprint density at radius 3 is 2.30 bits per heavy atom. The summed E-state index contributed by atoms with van der Waals surface area (Å²) in [7, 11) is 2.83. The lowest BCUT2D eigenvalue weighted by atomic mass is 9.80. The minimum atomic E-state index is -3.00. The van der Waals surface area contributed by atoms with Crippen LogP contribution in [-0.4, -0.2) is 107 Å². The second-order valence-electron chi connectivity index (χ2n) is 10.2. The standard InChI is InChI=1S/C24H29F5N4O6S/c1-32(2)21(37)20(23(38)3-5-24(28,29)6-4-23)40-22-19(36)17(18(35)15(10-34)39-22)33-9-14(30-31-33)11-7-12(25)16(27)13(26)8-11/h7-9,15,17-20,22,34-36,38H,3-6,10H2,1-2H3/t15-,17+,18+,19-,20-,22+/m1/s1. The summed E-state index contributed by atoms with van der Waals surface area (Å²) in [5.41, 5.74) is -3.56. The summed E-state index contributed by atoms with van der Waals surface area (Å²) in [6, 6.07) is -0.00447. The van der Waals surface area contributed by atoms with Crippen LogP contribution in [0.3, 0.4) is 0 Å². The number of benzene rings is 1. The molecule has 1 amide bonds. The fourth-order valence-corrected chi connectivity index (χ4v) is 6.46. The lowest BCUT2D eigenvalue weighted by Crippen LogP contribution is -2.58. The quantitative estimate of drug-likeness (QED) is 0.276. The number of thioether (sulfide) groups is 1. The summed E-state index contributed by atoms with van der Waals surface area (Å²) in [6.07, 6.45) is -5.54. The Morgan fingerprint density at radius 2 is 1.75 bits per heavy atom. The lowest BCUT2D eigenvalue weighted by Gasteiger charge is -2.46. The Balaban J connectivity index is 1.64. The minimum Gasteiger partial charge on any atom is -0.394 e. The lowest BCUT2D eigenvalue weighted by molar-refractivity contribution is -0.179. The maximum absolute atomic E-state index is 13.8. The first-order chi connectivity index (χ1) is 18.7. The number of aliphatic hydroxyl groups excluding tert-OH is 3. The van der Waals surface area contributed by atoms with Gasteiger partial charge in [0.05, 0.1) is 18.4 Å². The van der Waals surface area contributed by atoms with Crippen LogP contribution < -0.4 is 0 Å². The molecule has 1 aliphatic carbocycles. The van der Waals surface area contributed by atoms with Crippen LogP contribution in [0.15, 0.2) is 18.3 Å². The van der Waals surface area contributed by atoms with Crippen LogP contribution in [0.4, 0.5) is 22.0 Å². The SMILES string of the molecule is CN(C)C(=O)[C@@H](S[C@@H]1O[C@H](CO)[C@H](O)[C@H](n2cc(-c3cc(F)c(F)c(F)c3)nn2)[C@H]1O)C1(O)CCC(F)(F)CC1. The van der Waals surface area contributed by atoms with Crippen LogP contribution in [-0.2, 0) is 9.53 Å². The van der Waals surface area contributed by atoms with E-state index in [1.54, 1.807) is 0 Å². The molecule has 0 bridgehead atoms. The second-order valence-corrected chi connectivity index (χ2v) is 11.5. The molecule has 4 N–H and O–H groups in total. The van der Waals surface area contributed by atoms with Gasteiger partial charge in [0.2, 0.25) is 11.8 Å². The molecule has 2 fully saturated rings. The topological polar surface area (TPSA) is 141 Å². The number of halogens is 5. The zero-order valence-electron chi connectivity index (χ0n) is 21.4. The Morgan fingerprint density at radius 1 is 1.15 bits per heavy atom. The van der Waals surface area contributed by atoms with Gasteiger partial charge >= 0.3 is 0 Å². The van der Waals surface area contributed by atoms with Crippen molar-refractivity contribution >= 4 is 17.7 Å². The van der Waals surface area contributed by atoms with E-state index < -0.39 is 102 Å². The van der Waals surface area contributed by atoms with Gasteiger partial charge in [-0.05, 0) is 25.0 Å². The molecule has 2 heterocycles. The summed E-state index contributed by atoms with van der Waals surface area (Å²) in [5, 5.41) is 49.5. The first kappa shape index (κ1) is 30.6. The first-order valence-electron chi connectivity index (χ1n) is 12.3. The van der Waals surface area contributed by atoms with E-state index in [4.69, 9.17) is 4.74 Å². The number of alkyl halides is 2. The molecule has 1 aromatic carbocycles. The van der Waals surface area contributed by atoms with E-state index in [1.807, 2.05) is 0 Å². The van der Waals surface area contributed by atoms with Crippen molar-refractivity contribution < 1.29 is 51.9 Å². The largest absolute Gasteiger partial charge is 0.394 e. The molecule has 10 nitrogen and oxygen atoms in total. The van der Waals surface area contributed by atoms with Gasteiger partial charge in [-0.3, -0.25) is 4.79 Å². The fourth-order valence-electron chi connectivity index (χ4n) is 4.85. The predicted octanol–water partition coefficient (Wildman–Crippen LogP) is 1.47. The highest BCUT2D eigenvalue weighted by Gasteiger charge is 2.53. The maximum Gasteiger partial charge on any atom is 0.248 e. The third-order valence-electron chi connectivity index (χ3n) is 7.21. The molecule has 222 valence electrons. The highest BCUT2D eigenvalue weighted by Crippen LogP contribution is 2.46. The van der Waals surface area contributed by atoms with Crippen molar-refractivity contribution in [3.63, 3.8) is 0 Å². The number of carbonyl (C=O) groups excluding carboxylic acids is 1. The number of ether oxygens (including phenoxy) is 1. The number of hydrogen-bond donors (Lipinski definition) is 4. The molecule has 1 saturated carbocycles. The summed E-state index contributed by atoms with van der Waals surface area (Å²) in [4.78, 5) is 14.3. The van der Waals surface area contributed by atoms with Crippen molar-refractivity contribution in [1.82, 2.24) is 19.9 Å². The zero-order valence-corrected chi connectivity index (χ0v) is 22.2. The first-order valence-corrected chi connectivity index (χ1v) is 13.3. The van der Waals surface area contributed by atoms with Crippen molar-refractivity contribution in [3.05, 3.63) is 35.8 Å². The zero-order chi connectivity index (χ0) is 29.6. The molecule has 1 saturated heterocycles. The molecule has 2 aliphatic rings. The molecule has 0 radical (unpaired) electrons. The van der Waals surface area contributed by atoms with E-state index in [0.717, 1.165) is 15.8 Å². The van der Waals surface area contributed by atoms with Gasteiger partial charge in [-0.1, -0.05) is 5.21 Å². The summed E-state index contributed by atoms with van der Waals surface area (Å²) in [6.45, 7) is -0.736. The number of amides is 1. The Labute approximate surface area is 229 Å². The average molecular weight is 597 g/mol. The number of carbonyl (C=O) groups is 1. The summed E-state index contributed by atoms with van der Waals surface area (Å²) >= 11 is 0.661. The Hall–Kier alpha value is -2.37. The van der Waals surface area contributed by atoms with Crippen molar-refractivity contribution in [2.45, 2.75) is 72.2 Å². The van der Waals surface area contributed by atoms with Crippen LogP contribution in [0.1, 0.15) is 31.7 Å². The summed E-state index contributed by atoms with van der Waals surface area (Å²) in [5.74, 6) is -8.24. The smallest absolute Gasteiger partial charge is 0.248 e. The molecule has 1 aromatic heterocycles. The number of nitrogens with zero attached hydrogens (tertiary/aromatic N) is 4. The third-order valence-corrected chi connectivity index (χ3v) is 8.79. The number of rotatable bonds is 7. The van der Waals surface area contributed by atoms with Gasteiger partial charge in [0, 0.05) is 32.5 Å². The number of aromatic nitrogens is 3. The monoisotopic (exact) mass is 596 g/mol. The maximum atomic E-state index is 13.8. The van der Waals surface area contributed by atoms with Crippen molar-refractivity contribution in [2.75, 3.05) is 20.7 Å².